The molecule has 2 aromatic carbocycles. The Hall–Kier alpha value is -3.39. The van der Waals surface area contributed by atoms with Crippen molar-refractivity contribution in [2.75, 3.05) is 5.32 Å². The van der Waals surface area contributed by atoms with Crippen LogP contribution in [0.1, 0.15) is 39.2 Å². The zero-order valence-corrected chi connectivity index (χ0v) is 19.2. The number of aryl methyl sites for hydroxylation is 1. The van der Waals surface area contributed by atoms with E-state index in [-0.39, 0.29) is 17.6 Å². The van der Waals surface area contributed by atoms with E-state index < -0.39 is 30.0 Å². The number of para-hydroxylation sites is 1. The average Bonchev–Trinajstić information content (AvgIpc) is 2.77. The fraction of sp³-hybridized carbons (Fsp3) is 0.400. The minimum Gasteiger partial charge on any atom is -0.508 e. The summed E-state index contributed by atoms with van der Waals surface area (Å²) in [5.41, 5.74) is 1.53. The molecule has 0 bridgehead atoms. The first-order valence-corrected chi connectivity index (χ1v) is 11.1. The number of benzene rings is 2. The molecule has 2 amide bonds. The van der Waals surface area contributed by atoms with Gasteiger partial charge in [-0.2, -0.15) is 0 Å². The molecule has 8 nitrogen and oxygen atoms in total. The molecule has 3 atom stereocenters. The predicted octanol–water partition coefficient (Wildman–Crippen LogP) is 2.93. The monoisotopic (exact) mass is 455 g/mol. The van der Waals surface area contributed by atoms with Crippen LogP contribution in [0.3, 0.4) is 0 Å². The maximum atomic E-state index is 13.1. The standard InChI is InChI=1S/C25H33N3O5/c1-16(2)15-22(24(31)27-19-7-5-4-6-8-19)28-23(30)21(26-17(3)25(32)33)14-11-18-9-12-20(29)13-10-18/h4-10,12-13,16-17,21-22,26,29H,11,14-15H2,1-3H3,(H,27,31)(H,28,30)(H,32,33)/t17-,21+,22+/m1/s1. The number of carboxylic acid groups (broad SMARTS) is 1. The van der Waals surface area contributed by atoms with Crippen molar-refractivity contribution in [3.8, 4) is 5.75 Å². The number of carbonyl (C=O) groups is 3. The van der Waals surface area contributed by atoms with Gasteiger partial charge in [0.05, 0.1) is 6.04 Å². The quantitative estimate of drug-likeness (QED) is 0.335. The number of hydrogen-bond acceptors (Lipinski definition) is 5. The van der Waals surface area contributed by atoms with E-state index >= 15 is 0 Å². The lowest BCUT2D eigenvalue weighted by molar-refractivity contribution is -0.139. The highest BCUT2D eigenvalue weighted by molar-refractivity contribution is 5.97. The highest BCUT2D eigenvalue weighted by Gasteiger charge is 2.28. The summed E-state index contributed by atoms with van der Waals surface area (Å²) in [5.74, 6) is -1.54. The molecule has 33 heavy (non-hydrogen) atoms. The van der Waals surface area contributed by atoms with Gasteiger partial charge in [0, 0.05) is 5.69 Å². The molecule has 8 heteroatoms. The first kappa shape index (κ1) is 25.9. The summed E-state index contributed by atoms with van der Waals surface area (Å²) in [6.45, 7) is 5.39. The molecule has 0 fully saturated rings. The van der Waals surface area contributed by atoms with Gasteiger partial charge in [0.1, 0.15) is 17.8 Å². The Balaban J connectivity index is 2.12. The fourth-order valence-electron chi connectivity index (χ4n) is 3.36. The number of aliphatic carboxylic acids is 1. The number of hydrogen-bond donors (Lipinski definition) is 5. The number of aromatic hydroxyl groups is 1. The van der Waals surface area contributed by atoms with E-state index in [1.54, 1.807) is 36.4 Å². The predicted molar refractivity (Wildman–Crippen MR) is 127 cm³/mol. The molecular formula is C25H33N3O5. The molecule has 0 aliphatic rings. The molecule has 2 aromatic rings. The molecule has 0 unspecified atom stereocenters. The zero-order chi connectivity index (χ0) is 24.4. The second-order valence-corrected chi connectivity index (χ2v) is 8.53. The minimum atomic E-state index is -1.07. The number of rotatable bonds is 12. The largest absolute Gasteiger partial charge is 0.508 e. The Morgan fingerprint density at radius 2 is 1.52 bits per heavy atom. The van der Waals surface area contributed by atoms with E-state index in [4.69, 9.17) is 0 Å². The van der Waals surface area contributed by atoms with Crippen molar-refractivity contribution >= 4 is 23.5 Å². The molecule has 0 aliphatic carbocycles. The molecule has 0 radical (unpaired) electrons. The molecule has 0 saturated carbocycles. The second-order valence-electron chi connectivity index (χ2n) is 8.53. The maximum Gasteiger partial charge on any atom is 0.320 e. The Kier molecular flexibility index (Phi) is 9.87. The van der Waals surface area contributed by atoms with Crippen molar-refractivity contribution in [3.63, 3.8) is 0 Å². The van der Waals surface area contributed by atoms with E-state index in [1.165, 1.54) is 6.92 Å². The van der Waals surface area contributed by atoms with Gasteiger partial charge < -0.3 is 20.8 Å². The smallest absolute Gasteiger partial charge is 0.320 e. The summed E-state index contributed by atoms with van der Waals surface area (Å²) in [4.78, 5) is 37.4. The Morgan fingerprint density at radius 1 is 0.879 bits per heavy atom. The summed E-state index contributed by atoms with van der Waals surface area (Å²) in [6.07, 6.45) is 1.25. The summed E-state index contributed by atoms with van der Waals surface area (Å²) < 4.78 is 0. The third kappa shape index (κ3) is 8.94. The molecular weight excluding hydrogens is 422 g/mol. The van der Waals surface area contributed by atoms with Crippen LogP contribution in [0.4, 0.5) is 5.69 Å². The van der Waals surface area contributed by atoms with E-state index in [0.717, 1.165) is 5.56 Å². The van der Waals surface area contributed by atoms with Crippen LogP contribution in [-0.2, 0) is 20.8 Å². The summed E-state index contributed by atoms with van der Waals surface area (Å²) in [7, 11) is 0. The lowest BCUT2D eigenvalue weighted by Gasteiger charge is -2.25. The maximum absolute atomic E-state index is 13.1. The molecule has 2 rings (SSSR count). The normalized spacial score (nSPS) is 13.7. The molecule has 0 spiro atoms. The molecule has 0 aromatic heterocycles. The highest BCUT2D eigenvalue weighted by Crippen LogP contribution is 2.14. The number of phenols is 1. The molecule has 0 heterocycles. The van der Waals surface area contributed by atoms with Gasteiger partial charge in [-0.25, -0.2) is 0 Å². The number of nitrogens with one attached hydrogen (secondary N) is 3. The van der Waals surface area contributed by atoms with Crippen LogP contribution >= 0.6 is 0 Å². The van der Waals surface area contributed by atoms with Gasteiger partial charge in [-0.3, -0.25) is 19.7 Å². The van der Waals surface area contributed by atoms with Crippen molar-refractivity contribution < 1.29 is 24.6 Å². The molecule has 0 saturated heterocycles. The minimum absolute atomic E-state index is 0.145. The van der Waals surface area contributed by atoms with Crippen molar-refractivity contribution in [1.29, 1.82) is 0 Å². The number of phenolic OH excluding ortho intramolecular Hbond substituents is 1. The van der Waals surface area contributed by atoms with Crippen LogP contribution in [0, 0.1) is 5.92 Å². The number of amides is 2. The van der Waals surface area contributed by atoms with Crippen LogP contribution in [0.2, 0.25) is 0 Å². The van der Waals surface area contributed by atoms with Crippen molar-refractivity contribution in [2.45, 2.75) is 58.2 Å². The van der Waals surface area contributed by atoms with Crippen molar-refractivity contribution in [3.05, 3.63) is 60.2 Å². The molecule has 178 valence electrons. The summed E-state index contributed by atoms with van der Waals surface area (Å²) in [5, 5.41) is 27.2. The summed E-state index contributed by atoms with van der Waals surface area (Å²) in [6, 6.07) is 13.1. The van der Waals surface area contributed by atoms with Gasteiger partial charge in [-0.15, -0.1) is 0 Å². The Labute approximate surface area is 194 Å². The van der Waals surface area contributed by atoms with Crippen LogP contribution in [0.15, 0.2) is 54.6 Å². The third-order valence-corrected chi connectivity index (χ3v) is 5.18. The number of carboxylic acids is 1. The van der Waals surface area contributed by atoms with Gasteiger partial charge in [-0.05, 0) is 61.9 Å². The van der Waals surface area contributed by atoms with E-state index in [2.05, 4.69) is 16.0 Å². The fourth-order valence-corrected chi connectivity index (χ4v) is 3.36. The van der Waals surface area contributed by atoms with Crippen molar-refractivity contribution in [2.24, 2.45) is 5.92 Å². The van der Waals surface area contributed by atoms with E-state index in [9.17, 15) is 24.6 Å². The molecule has 5 N–H and O–H groups in total. The second kappa shape index (κ2) is 12.6. The Morgan fingerprint density at radius 3 is 2.09 bits per heavy atom. The van der Waals surface area contributed by atoms with Crippen LogP contribution in [0.25, 0.3) is 0 Å². The highest BCUT2D eigenvalue weighted by atomic mass is 16.4. The van der Waals surface area contributed by atoms with Gasteiger partial charge in [0.25, 0.3) is 0 Å². The topological polar surface area (TPSA) is 128 Å². The average molecular weight is 456 g/mol. The number of carbonyl (C=O) groups excluding carboxylic acids is 2. The van der Waals surface area contributed by atoms with Gasteiger partial charge >= 0.3 is 5.97 Å². The van der Waals surface area contributed by atoms with Crippen LogP contribution in [0.5, 0.6) is 5.75 Å². The van der Waals surface area contributed by atoms with E-state index in [0.29, 0.717) is 24.9 Å². The lowest BCUT2D eigenvalue weighted by atomic mass is 10.0. The third-order valence-electron chi connectivity index (χ3n) is 5.18. The first-order chi connectivity index (χ1) is 15.7. The number of anilines is 1. The van der Waals surface area contributed by atoms with E-state index in [1.807, 2.05) is 32.0 Å². The summed E-state index contributed by atoms with van der Waals surface area (Å²) >= 11 is 0. The zero-order valence-electron chi connectivity index (χ0n) is 19.2. The van der Waals surface area contributed by atoms with Crippen LogP contribution in [-0.4, -0.2) is 46.1 Å². The molecule has 0 aliphatic heterocycles. The lowest BCUT2D eigenvalue weighted by Crippen LogP contribution is -2.54. The van der Waals surface area contributed by atoms with Crippen molar-refractivity contribution in [1.82, 2.24) is 10.6 Å². The first-order valence-electron chi connectivity index (χ1n) is 11.1. The van der Waals surface area contributed by atoms with Crippen LogP contribution < -0.4 is 16.0 Å². The van der Waals surface area contributed by atoms with Gasteiger partial charge in [0.2, 0.25) is 11.8 Å². The Bertz CT molecular complexity index is 915. The van der Waals surface area contributed by atoms with Gasteiger partial charge in [-0.1, -0.05) is 44.2 Å². The SMILES string of the molecule is CC(C)C[C@H](NC(=O)[C@H](CCc1ccc(O)cc1)N[C@H](C)C(=O)O)C(=O)Nc1ccccc1. The van der Waals surface area contributed by atoms with Gasteiger partial charge in [0.15, 0.2) is 0 Å².